The third-order valence-corrected chi connectivity index (χ3v) is 2.26. The van der Waals surface area contributed by atoms with E-state index in [0.29, 0.717) is 0 Å². The highest BCUT2D eigenvalue weighted by Crippen LogP contribution is 2.24. The van der Waals surface area contributed by atoms with E-state index < -0.39 is 0 Å². The van der Waals surface area contributed by atoms with E-state index in [4.69, 9.17) is 0 Å². The van der Waals surface area contributed by atoms with Crippen LogP contribution in [0.3, 0.4) is 0 Å². The molecule has 0 saturated heterocycles. The van der Waals surface area contributed by atoms with Crippen molar-refractivity contribution < 1.29 is 0 Å². The third-order valence-electron chi connectivity index (χ3n) is 2.26. The summed E-state index contributed by atoms with van der Waals surface area (Å²) in [6, 6.07) is 0. The molecule has 0 heteroatoms. The van der Waals surface area contributed by atoms with E-state index in [1.54, 1.807) is 11.1 Å². The molecule has 1 aliphatic rings. The molecular formula is C11H18. The normalized spacial score (nSPS) is 17.6. The van der Waals surface area contributed by atoms with Gasteiger partial charge in [-0.2, -0.15) is 0 Å². The van der Waals surface area contributed by atoms with Crippen molar-refractivity contribution in [2.24, 2.45) is 0 Å². The Kier molecular flexibility index (Phi) is 3.41. The third kappa shape index (κ3) is 2.21. The molecule has 0 N–H and O–H groups in total. The Labute approximate surface area is 70.0 Å². The van der Waals surface area contributed by atoms with E-state index in [1.807, 2.05) is 0 Å². The van der Waals surface area contributed by atoms with Crippen LogP contribution >= 0.6 is 0 Å². The van der Waals surface area contributed by atoms with E-state index in [-0.39, 0.29) is 0 Å². The molecule has 0 nitrogen and oxygen atoms in total. The van der Waals surface area contributed by atoms with Crippen molar-refractivity contribution in [3.8, 4) is 0 Å². The minimum absolute atomic E-state index is 1.21. The average molecular weight is 150 g/mol. The van der Waals surface area contributed by atoms with E-state index in [1.165, 1.54) is 32.1 Å². The zero-order valence-electron chi connectivity index (χ0n) is 7.69. The summed E-state index contributed by atoms with van der Waals surface area (Å²) in [6.45, 7) is 4.50. The fourth-order valence-corrected chi connectivity index (χ4v) is 1.68. The SMILES string of the molecule is CCCC1=CCCC=C1CC. The van der Waals surface area contributed by atoms with Gasteiger partial charge in [-0.3, -0.25) is 0 Å². The summed E-state index contributed by atoms with van der Waals surface area (Å²) in [5.41, 5.74) is 3.21. The second kappa shape index (κ2) is 4.38. The Balaban J connectivity index is 2.59. The topological polar surface area (TPSA) is 0 Å². The summed E-state index contributed by atoms with van der Waals surface area (Å²) >= 11 is 0. The highest BCUT2D eigenvalue weighted by atomic mass is 14.1. The number of hydrogen-bond acceptors (Lipinski definition) is 0. The van der Waals surface area contributed by atoms with Crippen LogP contribution in [0.4, 0.5) is 0 Å². The molecule has 0 radical (unpaired) electrons. The summed E-state index contributed by atoms with van der Waals surface area (Å²) in [7, 11) is 0. The average Bonchev–Trinajstić information content (AvgIpc) is 2.06. The Hall–Kier alpha value is -0.520. The predicted molar refractivity (Wildman–Crippen MR) is 50.6 cm³/mol. The standard InChI is InChI=1S/C11H18/c1-3-7-11-9-6-5-8-10(11)4-2/h8-9H,3-7H2,1-2H3. The smallest absolute Gasteiger partial charge is 0.0282 e. The Morgan fingerprint density at radius 2 is 1.73 bits per heavy atom. The maximum absolute atomic E-state index is 2.42. The van der Waals surface area contributed by atoms with Gasteiger partial charge in [-0.05, 0) is 36.8 Å². The van der Waals surface area contributed by atoms with Gasteiger partial charge in [-0.1, -0.05) is 32.4 Å². The lowest BCUT2D eigenvalue weighted by atomic mass is 9.93. The quantitative estimate of drug-likeness (QED) is 0.573. The van der Waals surface area contributed by atoms with Crippen LogP contribution in [0, 0.1) is 0 Å². The van der Waals surface area contributed by atoms with Crippen LogP contribution in [0.15, 0.2) is 23.3 Å². The zero-order valence-corrected chi connectivity index (χ0v) is 7.69. The summed E-state index contributed by atoms with van der Waals surface area (Å²) in [4.78, 5) is 0. The van der Waals surface area contributed by atoms with E-state index in [0.717, 1.165) is 0 Å². The molecule has 0 unspecified atom stereocenters. The number of rotatable bonds is 3. The van der Waals surface area contributed by atoms with Crippen LogP contribution in [-0.4, -0.2) is 0 Å². The van der Waals surface area contributed by atoms with Gasteiger partial charge in [0.05, 0.1) is 0 Å². The first-order valence-electron chi connectivity index (χ1n) is 4.77. The first-order chi connectivity index (χ1) is 5.38. The molecule has 0 atom stereocenters. The minimum atomic E-state index is 1.21. The monoisotopic (exact) mass is 150 g/mol. The summed E-state index contributed by atoms with van der Waals surface area (Å²) in [6.07, 6.45) is 11.1. The van der Waals surface area contributed by atoms with Gasteiger partial charge in [0.15, 0.2) is 0 Å². The van der Waals surface area contributed by atoms with E-state index in [9.17, 15) is 0 Å². The minimum Gasteiger partial charge on any atom is -0.0808 e. The van der Waals surface area contributed by atoms with Crippen LogP contribution in [0.2, 0.25) is 0 Å². The first kappa shape index (κ1) is 8.58. The molecule has 0 aromatic heterocycles. The maximum atomic E-state index is 2.42. The molecule has 0 spiro atoms. The highest BCUT2D eigenvalue weighted by molar-refractivity contribution is 5.33. The van der Waals surface area contributed by atoms with Crippen molar-refractivity contribution in [3.63, 3.8) is 0 Å². The second-order valence-corrected chi connectivity index (χ2v) is 3.14. The molecular weight excluding hydrogens is 132 g/mol. The predicted octanol–water partition coefficient (Wildman–Crippen LogP) is 3.84. The Morgan fingerprint density at radius 1 is 1.09 bits per heavy atom. The number of hydrogen-bond donors (Lipinski definition) is 0. The molecule has 0 fully saturated rings. The molecule has 0 heterocycles. The molecule has 0 aromatic rings. The van der Waals surface area contributed by atoms with Crippen molar-refractivity contribution in [1.82, 2.24) is 0 Å². The molecule has 0 amide bonds. The number of allylic oxidation sites excluding steroid dienone is 4. The molecule has 1 aliphatic carbocycles. The lowest BCUT2D eigenvalue weighted by Gasteiger charge is -2.13. The van der Waals surface area contributed by atoms with Gasteiger partial charge in [-0.15, -0.1) is 0 Å². The summed E-state index contributed by atoms with van der Waals surface area (Å²) in [5.74, 6) is 0. The molecule has 62 valence electrons. The Bertz CT molecular complexity index is 172. The van der Waals surface area contributed by atoms with Crippen molar-refractivity contribution in [3.05, 3.63) is 23.3 Å². The van der Waals surface area contributed by atoms with Crippen LogP contribution in [0.5, 0.6) is 0 Å². The second-order valence-electron chi connectivity index (χ2n) is 3.14. The van der Waals surface area contributed by atoms with Crippen LogP contribution in [0.25, 0.3) is 0 Å². The van der Waals surface area contributed by atoms with Crippen LogP contribution in [-0.2, 0) is 0 Å². The largest absolute Gasteiger partial charge is 0.0808 e. The maximum Gasteiger partial charge on any atom is -0.0282 e. The van der Waals surface area contributed by atoms with Crippen molar-refractivity contribution in [2.45, 2.75) is 46.0 Å². The van der Waals surface area contributed by atoms with Gasteiger partial charge in [-0.25, -0.2) is 0 Å². The van der Waals surface area contributed by atoms with Crippen molar-refractivity contribution in [2.75, 3.05) is 0 Å². The fourth-order valence-electron chi connectivity index (χ4n) is 1.68. The summed E-state index contributed by atoms with van der Waals surface area (Å²) < 4.78 is 0. The lowest BCUT2D eigenvalue weighted by molar-refractivity contribution is 0.852. The Morgan fingerprint density at radius 3 is 2.27 bits per heavy atom. The van der Waals surface area contributed by atoms with E-state index >= 15 is 0 Å². The van der Waals surface area contributed by atoms with Crippen LogP contribution in [0.1, 0.15) is 46.0 Å². The highest BCUT2D eigenvalue weighted by Gasteiger charge is 2.04. The van der Waals surface area contributed by atoms with Gasteiger partial charge >= 0.3 is 0 Å². The fraction of sp³-hybridized carbons (Fsp3) is 0.636. The summed E-state index contributed by atoms with van der Waals surface area (Å²) in [5, 5.41) is 0. The molecule has 0 aliphatic heterocycles. The molecule has 0 saturated carbocycles. The van der Waals surface area contributed by atoms with Gasteiger partial charge in [0.1, 0.15) is 0 Å². The van der Waals surface area contributed by atoms with Gasteiger partial charge in [0.25, 0.3) is 0 Å². The van der Waals surface area contributed by atoms with Crippen molar-refractivity contribution in [1.29, 1.82) is 0 Å². The lowest BCUT2D eigenvalue weighted by Crippen LogP contribution is -1.93. The molecule has 0 aromatic carbocycles. The van der Waals surface area contributed by atoms with Crippen molar-refractivity contribution >= 4 is 0 Å². The van der Waals surface area contributed by atoms with Gasteiger partial charge in [0, 0.05) is 0 Å². The first-order valence-corrected chi connectivity index (χ1v) is 4.77. The van der Waals surface area contributed by atoms with Gasteiger partial charge < -0.3 is 0 Å². The van der Waals surface area contributed by atoms with Gasteiger partial charge in [0.2, 0.25) is 0 Å². The molecule has 1 rings (SSSR count). The molecule has 0 bridgehead atoms. The van der Waals surface area contributed by atoms with Crippen LogP contribution < -0.4 is 0 Å². The van der Waals surface area contributed by atoms with E-state index in [2.05, 4.69) is 26.0 Å². The zero-order chi connectivity index (χ0) is 8.10. The molecule has 11 heavy (non-hydrogen) atoms.